The molecule has 0 heterocycles. The maximum Gasteiger partial charge on any atom is 2.00 e. The van der Waals surface area contributed by atoms with E-state index in [1.807, 2.05) is 0 Å². The zero-order chi connectivity index (χ0) is 3.58. The first kappa shape index (κ1) is 81.4. The first-order chi connectivity index (χ1) is 1.73. The Balaban J connectivity index is -0.00000000125. The van der Waals surface area contributed by atoms with Gasteiger partial charge in [-0.05, 0) is 0 Å². The van der Waals surface area contributed by atoms with Gasteiger partial charge in [-0.1, -0.05) is 0 Å². The normalized spacial score (nSPS) is 2.00. The Bertz CT molecular complexity index is 43.5. The molecule has 0 fully saturated rings. The average Bonchev–Trinajstić information content (AvgIpc) is 0.811. The van der Waals surface area contributed by atoms with Gasteiger partial charge < -0.3 is 21.9 Å². The summed E-state index contributed by atoms with van der Waals surface area (Å²) < 4.78 is 25.8. The van der Waals surface area contributed by atoms with E-state index in [9.17, 15) is 0 Å². The summed E-state index contributed by atoms with van der Waals surface area (Å²) in [6.07, 6.45) is 0. The molecule has 0 aromatic carbocycles. The molecule has 0 spiro atoms. The molecule has 0 atom stereocenters. The van der Waals surface area contributed by atoms with Crippen molar-refractivity contribution < 1.29 is 170 Å². The summed E-state index contributed by atoms with van der Waals surface area (Å²) in [5.41, 5.74) is 0. The number of hydrogen-bond donors (Lipinski definition) is 0. The standard InChI is InChI=1S/4Na.4H2O.3O.Sn.Zn/h;;;;4*1H2;;;;;/q4*+1;;;;;;2*-1;;+2/p-4. The Kier molecular flexibility index (Phi) is 426. The zero-order valence-electron chi connectivity index (χ0n) is 8.22. The first-order valence-electron chi connectivity index (χ1n) is 0.612. The minimum Gasteiger partial charge on any atom is 2.00 e. The molecule has 0 rings (SSSR count). The van der Waals surface area contributed by atoms with E-state index in [1.54, 1.807) is 0 Å². The van der Waals surface area contributed by atoms with Crippen molar-refractivity contribution >= 4 is 20.6 Å². The van der Waals surface area contributed by atoms with Gasteiger partial charge in [0.05, 0.1) is 0 Å². The first-order valence-corrected chi connectivity index (χ1v) is 4.11. The van der Waals surface area contributed by atoms with Crippen LogP contribution in [-0.4, -0.2) is 42.5 Å². The second-order valence-corrected chi connectivity index (χ2v) is 1.68. The maximum atomic E-state index is 8.61. The molecule has 7 nitrogen and oxygen atoms in total. The predicted octanol–water partition coefficient (Wildman–Crippen LogP) is -15.6. The van der Waals surface area contributed by atoms with Crippen LogP contribution in [0.15, 0.2) is 0 Å². The third-order valence-corrected chi connectivity index (χ3v) is 0. The maximum absolute atomic E-state index is 8.61. The molecule has 0 aromatic rings. The Hall–Kier alpha value is 4.98. The monoisotopic (exact) mass is 392 g/mol. The van der Waals surface area contributed by atoms with Gasteiger partial charge >= 0.3 is 168 Å². The smallest absolute Gasteiger partial charge is 2.00 e. The Labute approximate surface area is 186 Å². The second kappa shape index (κ2) is 68.1. The van der Waals surface area contributed by atoms with Gasteiger partial charge in [-0.2, -0.15) is 0 Å². The summed E-state index contributed by atoms with van der Waals surface area (Å²) in [5, 5.41) is 0. The van der Waals surface area contributed by atoms with E-state index >= 15 is 0 Å². The van der Waals surface area contributed by atoms with E-state index in [0.717, 1.165) is 0 Å². The summed E-state index contributed by atoms with van der Waals surface area (Å²) in [6.45, 7) is 0. The molecule has 0 amide bonds. The summed E-state index contributed by atoms with van der Waals surface area (Å²) >= 11 is -4.29. The molecule has 13 heteroatoms. The molecule has 0 saturated heterocycles. The van der Waals surface area contributed by atoms with Crippen LogP contribution in [0.5, 0.6) is 0 Å². The van der Waals surface area contributed by atoms with Crippen LogP contribution in [0, 0.1) is 0 Å². The van der Waals surface area contributed by atoms with Gasteiger partial charge in [0, 0.05) is 0 Å². The largest absolute Gasteiger partial charge is 2.00 e. The third-order valence-electron chi connectivity index (χ3n) is 0. The number of rotatable bonds is 0. The van der Waals surface area contributed by atoms with Gasteiger partial charge in [0.25, 0.3) is 0 Å². The van der Waals surface area contributed by atoms with Crippen molar-refractivity contribution in [3.05, 3.63) is 0 Å². The Morgan fingerprint density at radius 3 is 0.692 bits per heavy atom. The van der Waals surface area contributed by atoms with Crippen molar-refractivity contribution in [1.29, 1.82) is 0 Å². The Morgan fingerprint density at radius 1 is 0.692 bits per heavy atom. The molecule has 0 aliphatic rings. The van der Waals surface area contributed by atoms with Crippen molar-refractivity contribution in [1.82, 2.24) is 0 Å². The molecule has 0 saturated carbocycles. The van der Waals surface area contributed by atoms with Gasteiger partial charge in [-0.15, -0.1) is 0 Å². The topological polar surface area (TPSA) is 183 Å². The van der Waals surface area contributed by atoms with Crippen LogP contribution >= 0.6 is 0 Å². The van der Waals surface area contributed by atoms with Crippen LogP contribution in [-0.2, 0) is 22.6 Å². The van der Waals surface area contributed by atoms with Crippen LogP contribution < -0.4 is 125 Å². The van der Waals surface area contributed by atoms with Crippen LogP contribution in [0.4, 0.5) is 0 Å². The van der Waals surface area contributed by atoms with Gasteiger partial charge in [-0.25, -0.2) is 0 Å². The van der Waals surface area contributed by atoms with Crippen molar-refractivity contribution in [2.75, 3.05) is 0 Å². The zero-order valence-corrected chi connectivity index (χ0v) is 22.0. The quantitative estimate of drug-likeness (QED) is 0.367. The molecular weight excluding hydrogens is 388 g/mol. The summed E-state index contributed by atoms with van der Waals surface area (Å²) in [6, 6.07) is 0. The van der Waals surface area contributed by atoms with Gasteiger partial charge in [0.2, 0.25) is 0 Å². The molecule has 0 unspecified atom stereocenters. The molecule has 13 heavy (non-hydrogen) atoms. The molecule has 4 N–H and O–H groups in total. The fourth-order valence-electron chi connectivity index (χ4n) is 0. The SMILES string of the molecule is [Na+].[Na+].[Na+].[Na+].[OH-].[OH-].[OH-].[OH-].[O]=[Sn]([O-])[O-].[Zn+2]. The van der Waals surface area contributed by atoms with Crippen LogP contribution in [0.3, 0.4) is 0 Å². The second-order valence-electron chi connectivity index (χ2n) is 0.250. The average molecular weight is 392 g/mol. The van der Waals surface area contributed by atoms with Gasteiger partial charge in [0.15, 0.2) is 0 Å². The molecule has 0 aromatic heterocycles. The van der Waals surface area contributed by atoms with E-state index < -0.39 is 20.6 Å². The van der Waals surface area contributed by atoms with Crippen LogP contribution in [0.25, 0.3) is 0 Å². The molecule has 0 bridgehead atoms. The van der Waals surface area contributed by atoms with E-state index in [4.69, 9.17) is 9.96 Å². The van der Waals surface area contributed by atoms with Crippen molar-refractivity contribution in [2.45, 2.75) is 0 Å². The summed E-state index contributed by atoms with van der Waals surface area (Å²) in [5.74, 6) is 0. The fraction of sp³-hybridized carbons (Fsp3) is 0. The predicted molar refractivity (Wildman–Crippen MR) is 14.2 cm³/mol. The fourth-order valence-corrected chi connectivity index (χ4v) is 0. The van der Waals surface area contributed by atoms with Crippen molar-refractivity contribution in [3.8, 4) is 0 Å². The molecule has 0 aliphatic heterocycles. The summed E-state index contributed by atoms with van der Waals surface area (Å²) in [4.78, 5) is 0. The molecule has 0 aliphatic carbocycles. The molecule has 56 valence electrons. The van der Waals surface area contributed by atoms with E-state index in [0.29, 0.717) is 0 Å². The van der Waals surface area contributed by atoms with Gasteiger partial charge in [-0.3, -0.25) is 0 Å². The Morgan fingerprint density at radius 2 is 0.692 bits per heavy atom. The minimum atomic E-state index is -4.29. The van der Waals surface area contributed by atoms with Crippen LogP contribution in [0.1, 0.15) is 0 Å². The number of hydrogen-bond acceptors (Lipinski definition) is 7. The van der Waals surface area contributed by atoms with E-state index in [1.165, 1.54) is 0 Å². The van der Waals surface area contributed by atoms with Crippen molar-refractivity contribution in [3.63, 3.8) is 0 Å². The third kappa shape index (κ3) is 154. The molecular formula is H4Na4O7SnZn. The van der Waals surface area contributed by atoms with E-state index in [2.05, 4.69) is 0 Å². The molecule has 0 radical (unpaired) electrons. The minimum absolute atomic E-state index is 0. The van der Waals surface area contributed by atoms with Crippen molar-refractivity contribution in [2.24, 2.45) is 0 Å². The summed E-state index contributed by atoms with van der Waals surface area (Å²) in [7, 11) is 0. The van der Waals surface area contributed by atoms with Gasteiger partial charge in [0.1, 0.15) is 0 Å². The van der Waals surface area contributed by atoms with E-state index in [-0.39, 0.29) is 160 Å². The van der Waals surface area contributed by atoms with Crippen LogP contribution in [0.2, 0.25) is 0 Å².